The van der Waals surface area contributed by atoms with Crippen LogP contribution in [-0.2, 0) is 0 Å². The monoisotopic (exact) mass is 592 g/mol. The molecule has 0 aliphatic carbocycles. The third-order valence-corrected chi connectivity index (χ3v) is 8.72. The topological polar surface area (TPSA) is 16.4 Å². The van der Waals surface area contributed by atoms with Gasteiger partial charge in [0.25, 0.3) is 0 Å². The van der Waals surface area contributed by atoms with Gasteiger partial charge in [0.2, 0.25) is 0 Å². The molecular formula is C44H29NO. The van der Waals surface area contributed by atoms with Crippen LogP contribution in [0.15, 0.2) is 180 Å². The molecule has 0 saturated heterocycles. The van der Waals surface area contributed by atoms with Crippen LogP contribution in [0.4, 0.5) is 17.1 Å². The van der Waals surface area contributed by atoms with E-state index in [1.165, 1.54) is 0 Å². The molecule has 0 radical (unpaired) electrons. The minimum atomic E-state index is -0.430. The van der Waals surface area contributed by atoms with E-state index in [1.807, 2.05) is 84.9 Å². The standard InChI is InChI=1S/C44H29NO/c1-2-14-36(15-3-1)45(37-25-22-31(23-26-37)34-21-20-30-10-4-5-12-33(30)28-34)38-16-8-13-35(29-38)39-18-9-19-42-43(39)41-27-24-32-11-6-7-17-40(32)44(41)46-42/h1-29H/i1D,2D,3D,14D,15D. The molecule has 0 aliphatic rings. The molecule has 0 spiro atoms. The van der Waals surface area contributed by atoms with Crippen molar-refractivity contribution in [2.45, 2.75) is 0 Å². The Bertz CT molecular complexity index is 2800. The average Bonchev–Trinajstić information content (AvgIpc) is 3.58. The van der Waals surface area contributed by atoms with Gasteiger partial charge in [-0.25, -0.2) is 0 Å². The highest BCUT2D eigenvalue weighted by Crippen LogP contribution is 2.42. The van der Waals surface area contributed by atoms with Gasteiger partial charge in [-0.1, -0.05) is 121 Å². The number of furan rings is 1. The summed E-state index contributed by atoms with van der Waals surface area (Å²) in [7, 11) is 0. The second-order valence-electron chi connectivity index (χ2n) is 11.4. The first-order chi connectivity index (χ1) is 24.9. The SMILES string of the molecule is [2H]c1c([2H])c([2H])c(N(c2ccc(-c3ccc4ccccc4c3)cc2)c2cccc(-c3cccc4oc5c6ccccc6ccc5c34)c2)c([2H])c1[2H]. The summed E-state index contributed by atoms with van der Waals surface area (Å²) in [5.74, 6) is 0. The van der Waals surface area contributed by atoms with Gasteiger partial charge in [-0.15, -0.1) is 0 Å². The Morgan fingerprint density at radius 2 is 1.20 bits per heavy atom. The van der Waals surface area contributed by atoms with E-state index in [1.54, 1.807) is 4.90 Å². The van der Waals surface area contributed by atoms with Crippen molar-refractivity contribution in [1.82, 2.24) is 0 Å². The lowest BCUT2D eigenvalue weighted by atomic mass is 9.97. The first-order valence-corrected chi connectivity index (χ1v) is 15.3. The van der Waals surface area contributed by atoms with Crippen molar-refractivity contribution in [3.63, 3.8) is 0 Å². The van der Waals surface area contributed by atoms with E-state index < -0.39 is 6.04 Å². The van der Waals surface area contributed by atoms with E-state index in [9.17, 15) is 0 Å². The van der Waals surface area contributed by atoms with Crippen molar-refractivity contribution < 1.29 is 11.3 Å². The minimum absolute atomic E-state index is 0.0787. The zero-order valence-electron chi connectivity index (χ0n) is 29.7. The zero-order chi connectivity index (χ0) is 34.8. The Labute approximate surface area is 274 Å². The van der Waals surface area contributed by atoms with Gasteiger partial charge >= 0.3 is 0 Å². The summed E-state index contributed by atoms with van der Waals surface area (Å²) in [4.78, 5) is 1.76. The maximum atomic E-state index is 8.95. The highest BCUT2D eigenvalue weighted by Gasteiger charge is 2.17. The molecule has 8 aromatic carbocycles. The molecule has 2 nitrogen and oxygen atoms in total. The van der Waals surface area contributed by atoms with Gasteiger partial charge in [0, 0.05) is 33.2 Å². The molecule has 0 unspecified atom stereocenters. The molecule has 0 aliphatic heterocycles. The van der Waals surface area contributed by atoms with Crippen molar-refractivity contribution in [2.24, 2.45) is 0 Å². The Kier molecular flexibility index (Phi) is 5.06. The van der Waals surface area contributed by atoms with Gasteiger partial charge in [-0.2, -0.15) is 0 Å². The summed E-state index contributed by atoms with van der Waals surface area (Å²) in [5.41, 5.74) is 6.93. The lowest BCUT2D eigenvalue weighted by Gasteiger charge is -2.26. The van der Waals surface area contributed by atoms with Crippen LogP contribution < -0.4 is 4.90 Å². The Morgan fingerprint density at radius 1 is 0.457 bits per heavy atom. The fourth-order valence-electron chi connectivity index (χ4n) is 6.54. The number of hydrogen-bond acceptors (Lipinski definition) is 2. The Morgan fingerprint density at radius 3 is 2.07 bits per heavy atom. The molecule has 1 heterocycles. The van der Waals surface area contributed by atoms with Crippen LogP contribution in [0.5, 0.6) is 0 Å². The molecule has 0 saturated carbocycles. The van der Waals surface area contributed by atoms with Crippen molar-refractivity contribution >= 4 is 60.5 Å². The van der Waals surface area contributed by atoms with E-state index in [0.717, 1.165) is 65.7 Å². The summed E-state index contributed by atoms with van der Waals surface area (Å²) in [6.07, 6.45) is 0. The summed E-state index contributed by atoms with van der Waals surface area (Å²) in [6, 6.07) is 47.0. The molecule has 0 amide bonds. The smallest absolute Gasteiger partial charge is 0.143 e. The number of rotatable bonds is 5. The predicted octanol–water partition coefficient (Wildman–Crippen LogP) is 12.7. The average molecular weight is 593 g/mol. The van der Waals surface area contributed by atoms with Gasteiger partial charge in [-0.05, 0) is 93.0 Å². The van der Waals surface area contributed by atoms with Crippen molar-refractivity contribution in [3.05, 3.63) is 176 Å². The number of anilines is 3. The molecular weight excluding hydrogens is 558 g/mol. The van der Waals surface area contributed by atoms with Crippen LogP contribution in [0.1, 0.15) is 6.85 Å². The van der Waals surface area contributed by atoms with Crippen LogP contribution >= 0.6 is 0 Å². The number of benzene rings is 8. The maximum Gasteiger partial charge on any atom is 0.143 e. The van der Waals surface area contributed by atoms with Crippen molar-refractivity contribution in [1.29, 1.82) is 0 Å². The number of fused-ring (bicyclic) bond motifs is 6. The fraction of sp³-hybridized carbons (Fsp3) is 0. The molecule has 2 heteroatoms. The van der Waals surface area contributed by atoms with Gasteiger partial charge in [0.05, 0.1) is 6.85 Å². The summed E-state index contributed by atoms with van der Waals surface area (Å²) in [6.45, 7) is 0. The number of para-hydroxylation sites is 1. The first kappa shape index (κ1) is 21.6. The highest BCUT2D eigenvalue weighted by atomic mass is 16.3. The van der Waals surface area contributed by atoms with E-state index >= 15 is 0 Å². The third-order valence-electron chi connectivity index (χ3n) is 8.72. The van der Waals surface area contributed by atoms with Crippen LogP contribution in [0.3, 0.4) is 0 Å². The van der Waals surface area contributed by atoms with E-state index in [4.69, 9.17) is 11.3 Å². The van der Waals surface area contributed by atoms with Crippen LogP contribution in [0.25, 0.3) is 65.7 Å². The van der Waals surface area contributed by atoms with Crippen LogP contribution in [-0.4, -0.2) is 0 Å². The van der Waals surface area contributed by atoms with Crippen molar-refractivity contribution in [2.75, 3.05) is 4.90 Å². The summed E-state index contributed by atoms with van der Waals surface area (Å²) < 4.78 is 49.6. The first-order valence-electron chi connectivity index (χ1n) is 17.8. The zero-order valence-corrected chi connectivity index (χ0v) is 24.7. The molecule has 9 aromatic rings. The lowest BCUT2D eigenvalue weighted by Crippen LogP contribution is -2.09. The molecule has 216 valence electrons. The van der Waals surface area contributed by atoms with Gasteiger partial charge in [0.1, 0.15) is 11.2 Å². The second kappa shape index (κ2) is 10.8. The normalized spacial score (nSPS) is 13.0. The maximum absolute atomic E-state index is 8.95. The van der Waals surface area contributed by atoms with E-state index in [0.29, 0.717) is 11.4 Å². The second-order valence-corrected chi connectivity index (χ2v) is 11.4. The van der Waals surface area contributed by atoms with Crippen LogP contribution in [0, 0.1) is 0 Å². The Hall–Kier alpha value is -6.12. The molecule has 46 heavy (non-hydrogen) atoms. The molecule has 0 N–H and O–H groups in total. The van der Waals surface area contributed by atoms with E-state index in [-0.39, 0.29) is 29.9 Å². The fourth-order valence-corrected chi connectivity index (χ4v) is 6.54. The molecule has 0 atom stereocenters. The quantitative estimate of drug-likeness (QED) is 0.198. The Balaban J connectivity index is 1.22. The highest BCUT2D eigenvalue weighted by molar-refractivity contribution is 6.19. The summed E-state index contributed by atoms with van der Waals surface area (Å²) in [5, 5.41) is 6.46. The molecule has 0 fully saturated rings. The molecule has 0 bridgehead atoms. The van der Waals surface area contributed by atoms with Gasteiger partial charge in [-0.3, -0.25) is 0 Å². The third kappa shape index (κ3) is 4.43. The predicted molar refractivity (Wildman–Crippen MR) is 194 cm³/mol. The number of hydrogen-bond donors (Lipinski definition) is 0. The molecule has 9 rings (SSSR count). The largest absolute Gasteiger partial charge is 0.455 e. The molecule has 1 aromatic heterocycles. The van der Waals surface area contributed by atoms with Gasteiger partial charge < -0.3 is 9.32 Å². The number of nitrogens with zero attached hydrogens (tertiary/aromatic N) is 1. The van der Waals surface area contributed by atoms with Crippen molar-refractivity contribution in [3.8, 4) is 22.3 Å². The van der Waals surface area contributed by atoms with Crippen LogP contribution in [0.2, 0.25) is 0 Å². The minimum Gasteiger partial charge on any atom is -0.455 e. The van der Waals surface area contributed by atoms with E-state index in [2.05, 4.69) is 60.7 Å². The van der Waals surface area contributed by atoms with Gasteiger partial charge in [0.15, 0.2) is 0 Å². The summed E-state index contributed by atoms with van der Waals surface area (Å²) >= 11 is 0. The lowest BCUT2D eigenvalue weighted by molar-refractivity contribution is 0.673.